The Hall–Kier alpha value is -1.75. The SMILES string of the molecule is COCCNC(=NCc1ccc(OC)cc1OC1CCCC1)NCC(=O)N(C)C.I. The number of nitrogens with one attached hydrogen (secondary N) is 2. The molecule has 0 spiro atoms. The minimum Gasteiger partial charge on any atom is -0.497 e. The van der Waals surface area contributed by atoms with Crippen molar-refractivity contribution in [2.24, 2.45) is 4.99 Å². The summed E-state index contributed by atoms with van der Waals surface area (Å²) in [5, 5.41) is 6.25. The highest BCUT2D eigenvalue weighted by Crippen LogP contribution is 2.30. The van der Waals surface area contributed by atoms with Crippen molar-refractivity contribution in [3.63, 3.8) is 0 Å². The number of carbonyl (C=O) groups excluding carboxylic acids is 1. The normalized spacial score (nSPS) is 14.1. The van der Waals surface area contributed by atoms with E-state index in [4.69, 9.17) is 14.2 Å². The maximum absolute atomic E-state index is 11.9. The van der Waals surface area contributed by atoms with Gasteiger partial charge in [-0.1, -0.05) is 0 Å². The van der Waals surface area contributed by atoms with Crippen LogP contribution in [0, 0.1) is 0 Å². The highest BCUT2D eigenvalue weighted by atomic mass is 127. The fourth-order valence-electron chi connectivity index (χ4n) is 3.02. The van der Waals surface area contributed by atoms with Gasteiger partial charge >= 0.3 is 0 Å². The molecule has 8 nitrogen and oxygen atoms in total. The van der Waals surface area contributed by atoms with E-state index in [1.807, 2.05) is 18.2 Å². The molecule has 2 rings (SSSR count). The van der Waals surface area contributed by atoms with Gasteiger partial charge in [-0.25, -0.2) is 4.99 Å². The predicted molar refractivity (Wildman–Crippen MR) is 129 cm³/mol. The molecule has 1 aliphatic rings. The molecule has 9 heteroatoms. The van der Waals surface area contributed by atoms with Gasteiger partial charge in [0.2, 0.25) is 5.91 Å². The molecule has 1 fully saturated rings. The lowest BCUT2D eigenvalue weighted by Gasteiger charge is -2.18. The highest BCUT2D eigenvalue weighted by molar-refractivity contribution is 14.0. The van der Waals surface area contributed by atoms with Gasteiger partial charge in [0.15, 0.2) is 5.96 Å². The molecule has 170 valence electrons. The number of hydrogen-bond donors (Lipinski definition) is 2. The Morgan fingerprint density at radius 2 is 1.93 bits per heavy atom. The molecular weight excluding hydrogens is 499 g/mol. The van der Waals surface area contributed by atoms with Crippen LogP contribution in [0.4, 0.5) is 0 Å². The van der Waals surface area contributed by atoms with Crippen LogP contribution in [-0.4, -0.2) is 70.9 Å². The Morgan fingerprint density at radius 1 is 1.20 bits per heavy atom. The number of carbonyl (C=O) groups is 1. The first-order valence-electron chi connectivity index (χ1n) is 10.1. The first-order valence-corrected chi connectivity index (χ1v) is 10.1. The van der Waals surface area contributed by atoms with E-state index in [9.17, 15) is 4.79 Å². The minimum absolute atomic E-state index is 0. The standard InChI is InChI=1S/C21H34N4O4.HI/c1-25(2)20(26)15-24-21(22-11-12-27-3)23-14-16-9-10-18(28-4)13-19(16)29-17-7-5-6-8-17;/h9-10,13,17H,5-8,11-12,14-15H2,1-4H3,(H2,22,23,24);1H. The lowest BCUT2D eigenvalue weighted by Crippen LogP contribution is -2.43. The van der Waals surface area contributed by atoms with E-state index in [1.54, 1.807) is 28.3 Å². The van der Waals surface area contributed by atoms with E-state index >= 15 is 0 Å². The number of nitrogens with zero attached hydrogens (tertiary/aromatic N) is 2. The topological polar surface area (TPSA) is 84.4 Å². The number of halogens is 1. The van der Waals surface area contributed by atoms with Gasteiger partial charge in [0.05, 0.1) is 32.9 Å². The zero-order valence-electron chi connectivity index (χ0n) is 18.4. The highest BCUT2D eigenvalue weighted by Gasteiger charge is 2.18. The second kappa shape index (κ2) is 14.3. The van der Waals surface area contributed by atoms with Gasteiger partial charge in [0.25, 0.3) is 0 Å². The van der Waals surface area contributed by atoms with E-state index in [-0.39, 0.29) is 42.5 Å². The summed E-state index contributed by atoms with van der Waals surface area (Å²) in [5.41, 5.74) is 0.976. The Labute approximate surface area is 196 Å². The Kier molecular flexibility index (Phi) is 12.5. The number of ether oxygens (including phenoxy) is 3. The number of likely N-dealkylation sites (N-methyl/N-ethyl adjacent to an activating group) is 1. The molecule has 0 saturated heterocycles. The molecule has 0 radical (unpaired) electrons. The van der Waals surface area contributed by atoms with Crippen molar-refractivity contribution >= 4 is 35.8 Å². The van der Waals surface area contributed by atoms with Gasteiger partial charge in [0, 0.05) is 39.4 Å². The summed E-state index contributed by atoms with van der Waals surface area (Å²) in [6.07, 6.45) is 4.83. The third kappa shape index (κ3) is 8.95. The van der Waals surface area contributed by atoms with Crippen LogP contribution in [0.5, 0.6) is 11.5 Å². The van der Waals surface area contributed by atoms with Gasteiger partial charge < -0.3 is 29.7 Å². The van der Waals surface area contributed by atoms with Gasteiger partial charge in [0.1, 0.15) is 11.5 Å². The first kappa shape index (κ1) is 26.3. The van der Waals surface area contributed by atoms with E-state index in [0.717, 1.165) is 29.9 Å². The van der Waals surface area contributed by atoms with Crippen LogP contribution < -0.4 is 20.1 Å². The van der Waals surface area contributed by atoms with Crippen molar-refractivity contribution in [2.75, 3.05) is 48.0 Å². The molecule has 0 aromatic heterocycles. The number of benzene rings is 1. The summed E-state index contributed by atoms with van der Waals surface area (Å²) >= 11 is 0. The van der Waals surface area contributed by atoms with Gasteiger partial charge in [-0.15, -0.1) is 24.0 Å². The fraction of sp³-hybridized carbons (Fsp3) is 0.619. The Morgan fingerprint density at radius 3 is 2.57 bits per heavy atom. The molecule has 1 saturated carbocycles. The second-order valence-corrected chi connectivity index (χ2v) is 7.22. The first-order chi connectivity index (χ1) is 14.0. The third-order valence-electron chi connectivity index (χ3n) is 4.78. The molecule has 30 heavy (non-hydrogen) atoms. The van der Waals surface area contributed by atoms with Crippen LogP contribution in [0.15, 0.2) is 23.2 Å². The van der Waals surface area contributed by atoms with Crippen LogP contribution >= 0.6 is 24.0 Å². The maximum atomic E-state index is 11.9. The quantitative estimate of drug-likeness (QED) is 0.208. The monoisotopic (exact) mass is 534 g/mol. The van der Waals surface area contributed by atoms with Gasteiger partial charge in [-0.2, -0.15) is 0 Å². The number of hydrogen-bond acceptors (Lipinski definition) is 5. The smallest absolute Gasteiger partial charge is 0.241 e. The average molecular weight is 534 g/mol. The van der Waals surface area contributed by atoms with Crippen molar-refractivity contribution < 1.29 is 19.0 Å². The summed E-state index contributed by atoms with van der Waals surface area (Å²) in [6, 6.07) is 5.81. The number of methoxy groups -OCH3 is 2. The average Bonchev–Trinajstić information content (AvgIpc) is 3.23. The van der Waals surface area contributed by atoms with E-state index in [0.29, 0.717) is 25.7 Å². The number of aliphatic imine (C=N–C) groups is 1. The molecule has 0 heterocycles. The van der Waals surface area contributed by atoms with Crippen molar-refractivity contribution in [1.29, 1.82) is 0 Å². The Balaban J connectivity index is 0.00000450. The lowest BCUT2D eigenvalue weighted by molar-refractivity contribution is -0.127. The van der Waals surface area contributed by atoms with Crippen LogP contribution in [0.1, 0.15) is 31.2 Å². The van der Waals surface area contributed by atoms with Crippen molar-refractivity contribution in [3.05, 3.63) is 23.8 Å². The molecule has 0 atom stereocenters. The zero-order chi connectivity index (χ0) is 21.1. The van der Waals surface area contributed by atoms with E-state index < -0.39 is 0 Å². The summed E-state index contributed by atoms with van der Waals surface area (Å²) in [7, 11) is 6.74. The van der Waals surface area contributed by atoms with Crippen LogP contribution in [0.3, 0.4) is 0 Å². The third-order valence-corrected chi connectivity index (χ3v) is 4.78. The van der Waals surface area contributed by atoms with E-state index in [2.05, 4.69) is 15.6 Å². The largest absolute Gasteiger partial charge is 0.497 e. The molecule has 0 bridgehead atoms. The molecule has 1 amide bonds. The lowest BCUT2D eigenvalue weighted by atomic mass is 10.2. The van der Waals surface area contributed by atoms with Crippen LogP contribution in [-0.2, 0) is 16.1 Å². The maximum Gasteiger partial charge on any atom is 0.241 e. The minimum atomic E-state index is -0.0269. The Bertz CT molecular complexity index is 679. The molecule has 1 aromatic rings. The number of guanidine groups is 1. The number of amides is 1. The summed E-state index contributed by atoms with van der Waals surface area (Å²) < 4.78 is 16.7. The van der Waals surface area contributed by atoms with Crippen LogP contribution in [0.2, 0.25) is 0 Å². The molecule has 1 aromatic carbocycles. The van der Waals surface area contributed by atoms with Crippen molar-refractivity contribution in [1.82, 2.24) is 15.5 Å². The summed E-state index contributed by atoms with van der Waals surface area (Å²) in [5.74, 6) is 2.10. The molecule has 1 aliphatic carbocycles. The van der Waals surface area contributed by atoms with Crippen molar-refractivity contribution in [3.8, 4) is 11.5 Å². The predicted octanol–water partition coefficient (Wildman–Crippen LogP) is 2.40. The van der Waals surface area contributed by atoms with Gasteiger partial charge in [-0.3, -0.25) is 4.79 Å². The molecule has 0 unspecified atom stereocenters. The zero-order valence-corrected chi connectivity index (χ0v) is 20.7. The fourth-order valence-corrected chi connectivity index (χ4v) is 3.02. The van der Waals surface area contributed by atoms with E-state index in [1.165, 1.54) is 17.7 Å². The molecule has 2 N–H and O–H groups in total. The second-order valence-electron chi connectivity index (χ2n) is 7.22. The number of rotatable bonds is 10. The van der Waals surface area contributed by atoms with Crippen LogP contribution in [0.25, 0.3) is 0 Å². The molecule has 0 aliphatic heterocycles. The summed E-state index contributed by atoms with van der Waals surface area (Å²) in [4.78, 5) is 18.1. The van der Waals surface area contributed by atoms with Crippen molar-refractivity contribution in [2.45, 2.75) is 38.3 Å². The van der Waals surface area contributed by atoms with Gasteiger partial charge in [-0.05, 0) is 37.8 Å². The summed E-state index contributed by atoms with van der Waals surface area (Å²) in [6.45, 7) is 1.72. The molecular formula is C21H35IN4O4.